The number of carbonyl (C=O) groups is 1. The van der Waals surface area contributed by atoms with Gasteiger partial charge in [0.15, 0.2) is 11.6 Å². The number of nitrogens with one attached hydrogen (secondary N) is 1. The molecule has 3 nitrogen and oxygen atoms in total. The van der Waals surface area contributed by atoms with E-state index in [4.69, 9.17) is 0 Å². The second-order valence-corrected chi connectivity index (χ2v) is 5.28. The zero-order valence-corrected chi connectivity index (χ0v) is 11.9. The van der Waals surface area contributed by atoms with E-state index >= 15 is 0 Å². The highest BCUT2D eigenvalue weighted by molar-refractivity contribution is 5.76. The SMILES string of the molecule is C=CCCC(=O)N1CCC[C@H](Nc2ccc(F)c(F)c2)C1. The zero-order chi connectivity index (χ0) is 15.2. The number of piperidine rings is 1. The normalized spacial score (nSPS) is 18.4. The molecule has 1 N–H and O–H groups in total. The molecule has 0 unspecified atom stereocenters. The largest absolute Gasteiger partial charge is 0.380 e. The molecule has 114 valence electrons. The molecule has 0 spiro atoms. The maximum atomic E-state index is 13.2. The number of likely N-dealkylation sites (tertiary alicyclic amines) is 1. The number of rotatable bonds is 5. The standard InChI is InChI=1S/C16H20F2N2O/c1-2-3-6-16(21)20-9-4-5-13(11-20)19-12-7-8-14(17)15(18)10-12/h2,7-8,10,13,19H,1,3-6,9,11H2/t13-/m0/s1. The van der Waals surface area contributed by atoms with Crippen molar-refractivity contribution in [2.45, 2.75) is 31.7 Å². The molecule has 1 aliphatic rings. The molecular weight excluding hydrogens is 274 g/mol. The third-order valence-electron chi connectivity index (χ3n) is 3.63. The van der Waals surface area contributed by atoms with Gasteiger partial charge in [0.05, 0.1) is 0 Å². The van der Waals surface area contributed by atoms with Crippen molar-refractivity contribution in [3.8, 4) is 0 Å². The van der Waals surface area contributed by atoms with Crippen molar-refractivity contribution in [3.63, 3.8) is 0 Å². The van der Waals surface area contributed by atoms with Crippen LogP contribution in [0.15, 0.2) is 30.9 Å². The van der Waals surface area contributed by atoms with Crippen LogP contribution in [0.1, 0.15) is 25.7 Å². The first-order chi connectivity index (χ1) is 10.1. The molecule has 0 aliphatic carbocycles. The summed E-state index contributed by atoms with van der Waals surface area (Å²) in [4.78, 5) is 13.8. The number of carbonyl (C=O) groups excluding carboxylic acids is 1. The van der Waals surface area contributed by atoms with Crippen LogP contribution in [-0.4, -0.2) is 29.9 Å². The molecule has 5 heteroatoms. The van der Waals surface area contributed by atoms with Gasteiger partial charge in [-0.3, -0.25) is 4.79 Å². The first kappa shape index (κ1) is 15.5. The minimum absolute atomic E-state index is 0.0660. The lowest BCUT2D eigenvalue weighted by atomic mass is 10.0. The van der Waals surface area contributed by atoms with Crippen LogP contribution >= 0.6 is 0 Å². The Morgan fingerprint density at radius 1 is 1.43 bits per heavy atom. The molecule has 0 aromatic heterocycles. The third kappa shape index (κ3) is 4.28. The zero-order valence-electron chi connectivity index (χ0n) is 11.9. The van der Waals surface area contributed by atoms with Gasteiger partial charge in [0, 0.05) is 37.3 Å². The molecule has 1 saturated heterocycles. The predicted octanol–water partition coefficient (Wildman–Crippen LogP) is 3.33. The number of nitrogens with zero attached hydrogens (tertiary/aromatic N) is 1. The van der Waals surface area contributed by atoms with E-state index in [2.05, 4.69) is 11.9 Å². The van der Waals surface area contributed by atoms with Crippen LogP contribution in [0.25, 0.3) is 0 Å². The van der Waals surface area contributed by atoms with Crippen LogP contribution in [0.4, 0.5) is 14.5 Å². The van der Waals surface area contributed by atoms with Gasteiger partial charge in [0.25, 0.3) is 0 Å². The molecule has 1 aromatic rings. The number of anilines is 1. The Bertz CT molecular complexity index is 519. The van der Waals surface area contributed by atoms with Crippen LogP contribution < -0.4 is 5.32 Å². The van der Waals surface area contributed by atoms with E-state index in [1.807, 2.05) is 4.90 Å². The molecule has 0 saturated carbocycles. The maximum Gasteiger partial charge on any atom is 0.222 e. The van der Waals surface area contributed by atoms with Crippen LogP contribution in [0, 0.1) is 11.6 Å². The molecule has 21 heavy (non-hydrogen) atoms. The van der Waals surface area contributed by atoms with E-state index in [1.165, 1.54) is 6.07 Å². The first-order valence-corrected chi connectivity index (χ1v) is 7.20. The van der Waals surface area contributed by atoms with Crippen molar-refractivity contribution in [2.75, 3.05) is 18.4 Å². The van der Waals surface area contributed by atoms with Gasteiger partial charge >= 0.3 is 0 Å². The lowest BCUT2D eigenvalue weighted by Gasteiger charge is -2.33. The fraction of sp³-hybridized carbons (Fsp3) is 0.438. The highest BCUT2D eigenvalue weighted by Crippen LogP contribution is 2.19. The summed E-state index contributed by atoms with van der Waals surface area (Å²) in [6, 6.07) is 3.83. The number of hydrogen-bond acceptors (Lipinski definition) is 2. The van der Waals surface area contributed by atoms with Gasteiger partial charge in [-0.05, 0) is 31.4 Å². The molecule has 0 bridgehead atoms. The van der Waals surface area contributed by atoms with Gasteiger partial charge in [0.1, 0.15) is 0 Å². The van der Waals surface area contributed by atoms with Crippen LogP contribution in [0.5, 0.6) is 0 Å². The van der Waals surface area contributed by atoms with Crippen LogP contribution in [0.2, 0.25) is 0 Å². The third-order valence-corrected chi connectivity index (χ3v) is 3.63. The van der Waals surface area contributed by atoms with E-state index in [1.54, 1.807) is 6.08 Å². The molecular formula is C16H20F2N2O. The average molecular weight is 294 g/mol. The predicted molar refractivity (Wildman–Crippen MR) is 79.0 cm³/mol. The van der Waals surface area contributed by atoms with Gasteiger partial charge in [-0.15, -0.1) is 6.58 Å². The topological polar surface area (TPSA) is 32.3 Å². The quantitative estimate of drug-likeness (QED) is 0.845. The molecule has 1 aliphatic heterocycles. The van der Waals surface area contributed by atoms with E-state index in [-0.39, 0.29) is 11.9 Å². The Balaban J connectivity index is 1.93. The summed E-state index contributed by atoms with van der Waals surface area (Å²) in [5.74, 6) is -1.60. The van der Waals surface area contributed by atoms with Crippen molar-refractivity contribution in [3.05, 3.63) is 42.5 Å². The second-order valence-electron chi connectivity index (χ2n) is 5.28. The minimum Gasteiger partial charge on any atom is -0.380 e. The summed E-state index contributed by atoms with van der Waals surface area (Å²) in [5.41, 5.74) is 0.541. The van der Waals surface area contributed by atoms with Gasteiger partial charge < -0.3 is 10.2 Å². The van der Waals surface area contributed by atoms with Crippen molar-refractivity contribution >= 4 is 11.6 Å². The number of amides is 1. The monoisotopic (exact) mass is 294 g/mol. The Hall–Kier alpha value is -1.91. The smallest absolute Gasteiger partial charge is 0.222 e. The molecule has 1 aromatic carbocycles. The summed E-state index contributed by atoms with van der Waals surface area (Å²) in [6.45, 7) is 4.96. The lowest BCUT2D eigenvalue weighted by molar-refractivity contribution is -0.132. The molecule has 0 radical (unpaired) electrons. The van der Waals surface area contributed by atoms with Gasteiger partial charge in [-0.2, -0.15) is 0 Å². The number of halogens is 2. The second kappa shape index (κ2) is 7.20. The Labute approximate surface area is 123 Å². The van der Waals surface area contributed by atoms with E-state index in [0.717, 1.165) is 31.5 Å². The summed E-state index contributed by atoms with van der Waals surface area (Å²) in [6.07, 6.45) is 4.70. The van der Waals surface area contributed by atoms with E-state index in [0.29, 0.717) is 25.1 Å². The lowest BCUT2D eigenvalue weighted by Crippen LogP contribution is -2.45. The van der Waals surface area contributed by atoms with Crippen molar-refractivity contribution < 1.29 is 13.6 Å². The summed E-state index contributed by atoms with van der Waals surface area (Å²) in [7, 11) is 0. The highest BCUT2D eigenvalue weighted by Gasteiger charge is 2.23. The van der Waals surface area contributed by atoms with Crippen LogP contribution in [-0.2, 0) is 4.79 Å². The average Bonchev–Trinajstić information content (AvgIpc) is 2.49. The highest BCUT2D eigenvalue weighted by atomic mass is 19.2. The molecule has 2 rings (SSSR count). The number of allylic oxidation sites excluding steroid dienone is 1. The summed E-state index contributed by atoms with van der Waals surface area (Å²) < 4.78 is 26.1. The van der Waals surface area contributed by atoms with Crippen LogP contribution in [0.3, 0.4) is 0 Å². The number of benzene rings is 1. The van der Waals surface area contributed by atoms with Crippen molar-refractivity contribution in [2.24, 2.45) is 0 Å². The minimum atomic E-state index is -0.866. The Morgan fingerprint density at radius 2 is 2.24 bits per heavy atom. The Morgan fingerprint density at radius 3 is 2.95 bits per heavy atom. The number of hydrogen-bond donors (Lipinski definition) is 1. The summed E-state index contributed by atoms with van der Waals surface area (Å²) in [5, 5.41) is 3.17. The van der Waals surface area contributed by atoms with Gasteiger partial charge in [0.2, 0.25) is 5.91 Å². The summed E-state index contributed by atoms with van der Waals surface area (Å²) >= 11 is 0. The van der Waals surface area contributed by atoms with E-state index < -0.39 is 11.6 Å². The van der Waals surface area contributed by atoms with Gasteiger partial charge in [-0.25, -0.2) is 8.78 Å². The molecule has 1 amide bonds. The van der Waals surface area contributed by atoms with Gasteiger partial charge in [-0.1, -0.05) is 6.08 Å². The van der Waals surface area contributed by atoms with Crippen molar-refractivity contribution in [1.29, 1.82) is 0 Å². The molecule has 1 heterocycles. The first-order valence-electron chi connectivity index (χ1n) is 7.20. The van der Waals surface area contributed by atoms with Crippen molar-refractivity contribution in [1.82, 2.24) is 4.90 Å². The molecule has 1 atom stereocenters. The molecule has 1 fully saturated rings. The van der Waals surface area contributed by atoms with E-state index in [9.17, 15) is 13.6 Å². The Kier molecular flexibility index (Phi) is 5.31. The fourth-order valence-electron chi connectivity index (χ4n) is 2.53. The fourth-order valence-corrected chi connectivity index (χ4v) is 2.53. The maximum absolute atomic E-state index is 13.2.